The molecule has 138 valence electrons. The third-order valence-electron chi connectivity index (χ3n) is 3.61. The number of methoxy groups -OCH3 is 2. The number of benzene rings is 1. The van der Waals surface area contributed by atoms with Gasteiger partial charge in [-0.2, -0.15) is 13.2 Å². The summed E-state index contributed by atoms with van der Waals surface area (Å²) in [4.78, 5) is 24.8. The van der Waals surface area contributed by atoms with E-state index in [0.29, 0.717) is 6.42 Å². The van der Waals surface area contributed by atoms with Crippen LogP contribution in [0.25, 0.3) is 0 Å². The largest absolute Gasteiger partial charge is 0.493 e. The molecule has 1 aromatic carbocycles. The monoisotopic (exact) mass is 380 g/mol. The fraction of sp³-hybridized carbons (Fsp3) is 0.429. The van der Waals surface area contributed by atoms with Gasteiger partial charge in [-0.3, -0.25) is 14.8 Å². The van der Waals surface area contributed by atoms with Crippen LogP contribution in [0, 0.1) is 0 Å². The average Bonchev–Trinajstić information content (AvgIpc) is 2.51. The van der Waals surface area contributed by atoms with Crippen molar-refractivity contribution in [3.63, 3.8) is 0 Å². The molecule has 0 aromatic heterocycles. The maximum Gasteiger partial charge on any atom is 0.446 e. The number of amides is 2. The number of hydroxylamine groups is 1. The number of carbonyl (C=O) groups excluding carboxylic acids is 2. The summed E-state index contributed by atoms with van der Waals surface area (Å²) in [6.45, 7) is 0.243. The van der Waals surface area contributed by atoms with Crippen molar-refractivity contribution >= 4 is 23.6 Å². The molecule has 1 heterocycles. The molecular weight excluding hydrogens is 365 g/mol. The van der Waals surface area contributed by atoms with Gasteiger partial charge in [-0.1, -0.05) is 0 Å². The highest BCUT2D eigenvalue weighted by atomic mass is 32.2. The summed E-state index contributed by atoms with van der Waals surface area (Å²) in [5, 5.41) is 8.66. The van der Waals surface area contributed by atoms with Gasteiger partial charge in [0.2, 0.25) is 0 Å². The van der Waals surface area contributed by atoms with Crippen LogP contribution in [0.1, 0.15) is 16.8 Å². The fourth-order valence-corrected chi connectivity index (χ4v) is 3.11. The lowest BCUT2D eigenvalue weighted by Crippen LogP contribution is -2.57. The van der Waals surface area contributed by atoms with Gasteiger partial charge in [-0.15, -0.1) is 0 Å². The Bertz CT molecular complexity index is 683. The molecule has 2 amide bonds. The molecular formula is C14H15F3N2O5S. The Morgan fingerprint density at radius 2 is 2.00 bits per heavy atom. The Hall–Kier alpha value is -2.14. The van der Waals surface area contributed by atoms with Crippen molar-refractivity contribution in [2.75, 3.05) is 20.8 Å². The summed E-state index contributed by atoms with van der Waals surface area (Å²) in [5.74, 6) is -1.59. The molecule has 1 aromatic rings. The van der Waals surface area contributed by atoms with Gasteiger partial charge in [0.1, 0.15) is 6.04 Å². The summed E-state index contributed by atoms with van der Waals surface area (Å²) in [5.41, 5.74) is -3.21. The highest BCUT2D eigenvalue weighted by Crippen LogP contribution is 2.46. The number of hydrogen-bond donors (Lipinski definition) is 2. The van der Waals surface area contributed by atoms with Crippen LogP contribution in [-0.4, -0.2) is 54.2 Å². The normalized spacial score (nSPS) is 16.9. The minimum atomic E-state index is -4.59. The van der Waals surface area contributed by atoms with Crippen LogP contribution in [0.2, 0.25) is 0 Å². The van der Waals surface area contributed by atoms with Gasteiger partial charge < -0.3 is 14.4 Å². The van der Waals surface area contributed by atoms with Gasteiger partial charge in [0.25, 0.3) is 11.8 Å². The summed E-state index contributed by atoms with van der Waals surface area (Å²) in [6.07, 6.45) is 0.343. The molecule has 1 fully saturated rings. The number of carbonyl (C=O) groups is 2. The van der Waals surface area contributed by atoms with Crippen molar-refractivity contribution in [1.82, 2.24) is 10.4 Å². The molecule has 1 atom stereocenters. The van der Waals surface area contributed by atoms with E-state index in [2.05, 4.69) is 0 Å². The first-order chi connectivity index (χ1) is 11.7. The van der Waals surface area contributed by atoms with E-state index in [1.165, 1.54) is 25.8 Å². The molecule has 1 saturated heterocycles. The first kappa shape index (κ1) is 19.2. The molecule has 0 radical (unpaired) electrons. The third-order valence-corrected chi connectivity index (χ3v) is 4.37. The molecule has 2 rings (SSSR count). The van der Waals surface area contributed by atoms with E-state index in [-0.39, 0.29) is 28.5 Å². The summed E-state index contributed by atoms with van der Waals surface area (Å²) in [6, 6.07) is 1.41. The van der Waals surface area contributed by atoms with Crippen LogP contribution in [0.15, 0.2) is 17.0 Å². The maximum absolute atomic E-state index is 12.8. The first-order valence-corrected chi connectivity index (χ1v) is 7.80. The van der Waals surface area contributed by atoms with E-state index in [9.17, 15) is 22.8 Å². The van der Waals surface area contributed by atoms with Crippen LogP contribution in [0.5, 0.6) is 11.5 Å². The molecule has 0 bridgehead atoms. The zero-order chi connectivity index (χ0) is 18.8. The van der Waals surface area contributed by atoms with Gasteiger partial charge in [0.15, 0.2) is 11.5 Å². The van der Waals surface area contributed by atoms with E-state index < -0.39 is 35.1 Å². The number of likely N-dealkylation sites (tertiary alicyclic amines) is 1. The molecule has 7 nitrogen and oxygen atoms in total. The lowest BCUT2D eigenvalue weighted by atomic mass is 10.0. The first-order valence-electron chi connectivity index (χ1n) is 6.98. The number of thioether (sulfide) groups is 1. The van der Waals surface area contributed by atoms with Crippen LogP contribution >= 0.6 is 11.8 Å². The Morgan fingerprint density at radius 3 is 2.44 bits per heavy atom. The van der Waals surface area contributed by atoms with Gasteiger partial charge in [-0.25, -0.2) is 5.48 Å². The second kappa shape index (κ2) is 7.40. The fourth-order valence-electron chi connectivity index (χ4n) is 2.40. The SMILES string of the molecule is COc1cc(C(=O)N2CC[C@@H]2C(=O)NO)cc(SC(F)(F)F)c1OC. The van der Waals surface area contributed by atoms with E-state index in [4.69, 9.17) is 14.7 Å². The van der Waals surface area contributed by atoms with Crippen molar-refractivity contribution in [2.45, 2.75) is 22.9 Å². The van der Waals surface area contributed by atoms with Crippen molar-refractivity contribution in [1.29, 1.82) is 0 Å². The highest BCUT2D eigenvalue weighted by molar-refractivity contribution is 8.00. The van der Waals surface area contributed by atoms with E-state index >= 15 is 0 Å². The number of nitrogens with one attached hydrogen (secondary N) is 1. The zero-order valence-corrected chi connectivity index (χ0v) is 14.0. The average molecular weight is 380 g/mol. The standard InChI is InChI=1S/C14H15F3N2O5S/c1-23-9-5-7(6-10(11(9)24-2)25-14(15,16)17)13(21)19-4-3-8(19)12(20)18-22/h5-6,8,22H,3-4H2,1-2H3,(H,18,20)/t8-/m1/s1. The predicted molar refractivity (Wildman–Crippen MR) is 80.8 cm³/mol. The van der Waals surface area contributed by atoms with Crippen molar-refractivity contribution in [3.05, 3.63) is 17.7 Å². The summed E-state index contributed by atoms with van der Waals surface area (Å²) >= 11 is -0.433. The van der Waals surface area contributed by atoms with Crippen LogP contribution < -0.4 is 15.0 Å². The predicted octanol–water partition coefficient (Wildman–Crippen LogP) is 2.04. The maximum atomic E-state index is 12.8. The van der Waals surface area contributed by atoms with E-state index in [1.54, 1.807) is 0 Å². The van der Waals surface area contributed by atoms with E-state index in [1.807, 2.05) is 0 Å². The molecule has 0 unspecified atom stereocenters. The second-order valence-electron chi connectivity index (χ2n) is 5.04. The lowest BCUT2D eigenvalue weighted by molar-refractivity contribution is -0.137. The van der Waals surface area contributed by atoms with Crippen LogP contribution in [-0.2, 0) is 4.79 Å². The molecule has 0 spiro atoms. The minimum absolute atomic E-state index is 0.0382. The van der Waals surface area contributed by atoms with Crippen molar-refractivity contribution in [2.24, 2.45) is 0 Å². The Balaban J connectivity index is 2.39. The zero-order valence-electron chi connectivity index (χ0n) is 13.2. The molecule has 0 aliphatic carbocycles. The van der Waals surface area contributed by atoms with Gasteiger partial charge in [0.05, 0.1) is 19.1 Å². The van der Waals surface area contributed by atoms with Crippen molar-refractivity contribution in [3.8, 4) is 11.5 Å². The number of halogens is 3. The Labute approximate surface area is 145 Å². The topological polar surface area (TPSA) is 88.1 Å². The molecule has 1 aliphatic rings. The highest BCUT2D eigenvalue weighted by Gasteiger charge is 2.39. The quantitative estimate of drug-likeness (QED) is 0.462. The van der Waals surface area contributed by atoms with Gasteiger partial charge in [-0.05, 0) is 30.3 Å². The molecule has 1 aliphatic heterocycles. The molecule has 11 heteroatoms. The van der Waals surface area contributed by atoms with Gasteiger partial charge in [0, 0.05) is 12.1 Å². The summed E-state index contributed by atoms with van der Waals surface area (Å²) < 4.78 is 48.3. The molecule has 0 saturated carbocycles. The minimum Gasteiger partial charge on any atom is -0.493 e. The number of nitrogens with zero attached hydrogens (tertiary/aromatic N) is 1. The Morgan fingerprint density at radius 1 is 1.32 bits per heavy atom. The van der Waals surface area contributed by atoms with Gasteiger partial charge >= 0.3 is 5.51 Å². The number of alkyl halides is 3. The number of ether oxygens (including phenoxy) is 2. The van der Waals surface area contributed by atoms with Crippen LogP contribution in [0.3, 0.4) is 0 Å². The van der Waals surface area contributed by atoms with E-state index in [0.717, 1.165) is 11.0 Å². The number of rotatable bonds is 5. The number of hydrogen-bond acceptors (Lipinski definition) is 6. The summed E-state index contributed by atoms with van der Waals surface area (Å²) in [7, 11) is 2.43. The third kappa shape index (κ3) is 4.10. The smallest absolute Gasteiger partial charge is 0.446 e. The van der Waals surface area contributed by atoms with Crippen LogP contribution in [0.4, 0.5) is 13.2 Å². The lowest BCUT2D eigenvalue weighted by Gasteiger charge is -2.39. The molecule has 2 N–H and O–H groups in total. The Kier molecular flexibility index (Phi) is 5.68. The second-order valence-corrected chi connectivity index (χ2v) is 6.14. The van der Waals surface area contributed by atoms with Crippen molar-refractivity contribution < 1.29 is 37.4 Å². The molecule has 25 heavy (non-hydrogen) atoms.